The van der Waals surface area contributed by atoms with Crippen molar-refractivity contribution < 1.29 is 17.6 Å². The van der Waals surface area contributed by atoms with Gasteiger partial charge in [-0.05, 0) is 43.3 Å². The number of halogens is 1. The van der Waals surface area contributed by atoms with Crippen LogP contribution >= 0.6 is 0 Å². The molecular formula is C21H19FN4O3S. The number of carbonyl (C=O) groups excluding carboxylic acids is 1. The summed E-state index contributed by atoms with van der Waals surface area (Å²) in [4.78, 5) is 17.0. The molecule has 3 aromatic heterocycles. The van der Waals surface area contributed by atoms with E-state index < -0.39 is 21.7 Å². The predicted octanol–water partition coefficient (Wildman–Crippen LogP) is 2.99. The molecule has 7 nitrogen and oxygen atoms in total. The van der Waals surface area contributed by atoms with E-state index in [1.807, 2.05) is 0 Å². The zero-order chi connectivity index (χ0) is 21.5. The van der Waals surface area contributed by atoms with Crippen molar-refractivity contribution in [3.63, 3.8) is 0 Å². The van der Waals surface area contributed by atoms with Gasteiger partial charge in [-0.1, -0.05) is 6.07 Å². The number of aromatic nitrogens is 3. The maximum Gasteiger partial charge on any atom is 0.269 e. The summed E-state index contributed by atoms with van der Waals surface area (Å²) in [5, 5.41) is 3.29. The molecule has 0 saturated heterocycles. The van der Waals surface area contributed by atoms with Crippen LogP contribution in [0.5, 0.6) is 0 Å². The van der Waals surface area contributed by atoms with Crippen molar-refractivity contribution in [3.8, 4) is 0 Å². The number of rotatable bonds is 5. The maximum absolute atomic E-state index is 14.4. The number of hydrogen-bond acceptors (Lipinski definition) is 4. The Hall–Kier alpha value is -3.46. The monoisotopic (exact) mass is 426 g/mol. The minimum atomic E-state index is -3.82. The molecule has 3 heterocycles. The topological polar surface area (TPSA) is 86.0 Å². The number of nitrogens with zero attached hydrogens (tertiary/aromatic N) is 3. The molecule has 0 aliphatic rings. The molecule has 9 heteroatoms. The standard InChI is InChI=1S/C21H19FN4O3S/c1-14-20(30(28,29)26-10-3-4-11-26)12-19(25(14)2)21(27)24-13-16-15-6-5-9-23-18(15)8-7-17(16)22/h3-12H,13H2,1-2H3,(H,24,27). The molecule has 0 aliphatic carbocycles. The molecule has 154 valence electrons. The van der Waals surface area contributed by atoms with Crippen molar-refractivity contribution in [2.75, 3.05) is 0 Å². The number of nitrogens with one attached hydrogen (secondary N) is 1. The van der Waals surface area contributed by atoms with Crippen LogP contribution < -0.4 is 5.32 Å². The van der Waals surface area contributed by atoms with Gasteiger partial charge in [-0.15, -0.1) is 0 Å². The molecule has 1 amide bonds. The van der Waals surface area contributed by atoms with Crippen LogP contribution in [0.3, 0.4) is 0 Å². The van der Waals surface area contributed by atoms with Crippen molar-refractivity contribution >= 4 is 26.8 Å². The highest BCUT2D eigenvalue weighted by molar-refractivity contribution is 7.90. The highest BCUT2D eigenvalue weighted by Crippen LogP contribution is 2.23. The Morgan fingerprint density at radius 2 is 1.90 bits per heavy atom. The molecule has 0 aliphatic heterocycles. The van der Waals surface area contributed by atoms with E-state index in [2.05, 4.69) is 10.3 Å². The molecule has 0 unspecified atom stereocenters. The summed E-state index contributed by atoms with van der Waals surface area (Å²) >= 11 is 0. The Morgan fingerprint density at radius 1 is 1.17 bits per heavy atom. The zero-order valence-corrected chi connectivity index (χ0v) is 17.1. The van der Waals surface area contributed by atoms with Crippen LogP contribution in [-0.4, -0.2) is 27.8 Å². The Kier molecular flexibility index (Phi) is 4.90. The van der Waals surface area contributed by atoms with Gasteiger partial charge in [0.25, 0.3) is 15.9 Å². The normalized spacial score (nSPS) is 11.7. The summed E-state index contributed by atoms with van der Waals surface area (Å²) in [5.41, 5.74) is 1.53. The van der Waals surface area contributed by atoms with Crippen LogP contribution in [0.25, 0.3) is 10.9 Å². The Bertz CT molecular complexity index is 1360. The second-order valence-corrected chi connectivity index (χ2v) is 8.65. The number of amides is 1. The molecule has 0 radical (unpaired) electrons. The van der Waals surface area contributed by atoms with Crippen LogP contribution in [0.2, 0.25) is 0 Å². The Labute approximate surface area is 172 Å². The van der Waals surface area contributed by atoms with Crippen LogP contribution in [-0.2, 0) is 23.6 Å². The summed E-state index contributed by atoms with van der Waals surface area (Å²) in [6.07, 6.45) is 4.47. The fourth-order valence-electron chi connectivity index (χ4n) is 3.37. The van der Waals surface area contributed by atoms with Gasteiger partial charge in [0.15, 0.2) is 0 Å². The van der Waals surface area contributed by atoms with E-state index in [1.165, 1.54) is 29.1 Å². The van der Waals surface area contributed by atoms with E-state index in [-0.39, 0.29) is 17.1 Å². The minimum absolute atomic E-state index is 0.0342. The van der Waals surface area contributed by atoms with Crippen molar-refractivity contribution in [2.24, 2.45) is 7.05 Å². The molecule has 0 atom stereocenters. The largest absolute Gasteiger partial charge is 0.347 e. The first kappa shape index (κ1) is 19.8. The van der Waals surface area contributed by atoms with E-state index in [9.17, 15) is 17.6 Å². The Balaban J connectivity index is 1.64. The summed E-state index contributed by atoms with van der Waals surface area (Å²) < 4.78 is 42.6. The summed E-state index contributed by atoms with van der Waals surface area (Å²) in [7, 11) is -2.20. The average Bonchev–Trinajstić information content (AvgIpc) is 3.37. The highest BCUT2D eigenvalue weighted by Gasteiger charge is 2.25. The fourth-order valence-corrected chi connectivity index (χ4v) is 4.83. The van der Waals surface area contributed by atoms with Crippen molar-refractivity contribution in [1.82, 2.24) is 18.8 Å². The van der Waals surface area contributed by atoms with Gasteiger partial charge in [0.05, 0.1) is 5.52 Å². The summed E-state index contributed by atoms with van der Waals surface area (Å²) in [6, 6.07) is 10.9. The van der Waals surface area contributed by atoms with Gasteiger partial charge >= 0.3 is 0 Å². The van der Waals surface area contributed by atoms with Crippen molar-refractivity contribution in [3.05, 3.63) is 83.8 Å². The predicted molar refractivity (Wildman–Crippen MR) is 110 cm³/mol. The van der Waals surface area contributed by atoms with E-state index in [1.54, 1.807) is 50.5 Å². The molecule has 0 saturated carbocycles. The Morgan fingerprint density at radius 3 is 2.63 bits per heavy atom. The van der Waals surface area contributed by atoms with Gasteiger partial charge in [0.1, 0.15) is 16.4 Å². The molecule has 0 bridgehead atoms. The maximum atomic E-state index is 14.4. The van der Waals surface area contributed by atoms with E-state index in [0.717, 1.165) is 3.97 Å². The summed E-state index contributed by atoms with van der Waals surface area (Å²) in [6.45, 7) is 1.57. The van der Waals surface area contributed by atoms with Crippen LogP contribution in [0, 0.1) is 12.7 Å². The molecule has 1 N–H and O–H groups in total. The molecule has 0 spiro atoms. The lowest BCUT2D eigenvalue weighted by molar-refractivity contribution is 0.0942. The van der Waals surface area contributed by atoms with Crippen molar-refractivity contribution in [2.45, 2.75) is 18.4 Å². The smallest absolute Gasteiger partial charge is 0.269 e. The second kappa shape index (κ2) is 7.42. The number of carbonyl (C=O) groups is 1. The SMILES string of the molecule is Cc1c(S(=O)(=O)n2cccc2)cc(C(=O)NCc2c(F)ccc3ncccc23)n1C. The van der Waals surface area contributed by atoms with Gasteiger partial charge in [-0.2, -0.15) is 0 Å². The molecule has 30 heavy (non-hydrogen) atoms. The quantitative estimate of drug-likeness (QED) is 0.532. The van der Waals surface area contributed by atoms with Gasteiger partial charge in [0.2, 0.25) is 0 Å². The van der Waals surface area contributed by atoms with E-state index >= 15 is 0 Å². The first-order chi connectivity index (χ1) is 14.3. The fraction of sp³-hybridized carbons (Fsp3) is 0.143. The number of benzene rings is 1. The zero-order valence-electron chi connectivity index (χ0n) is 16.3. The van der Waals surface area contributed by atoms with Crippen LogP contribution in [0.1, 0.15) is 21.7 Å². The lowest BCUT2D eigenvalue weighted by atomic mass is 10.1. The van der Waals surface area contributed by atoms with Crippen LogP contribution in [0.4, 0.5) is 4.39 Å². The number of fused-ring (bicyclic) bond motifs is 1. The summed E-state index contributed by atoms with van der Waals surface area (Å²) in [5.74, 6) is -0.954. The third-order valence-electron chi connectivity index (χ3n) is 5.12. The molecule has 1 aromatic carbocycles. The number of hydrogen-bond donors (Lipinski definition) is 1. The number of pyridine rings is 1. The second-order valence-electron chi connectivity index (χ2n) is 6.83. The molecule has 0 fully saturated rings. The van der Waals surface area contributed by atoms with Crippen molar-refractivity contribution in [1.29, 1.82) is 0 Å². The van der Waals surface area contributed by atoms with Gasteiger partial charge in [-0.25, -0.2) is 16.8 Å². The first-order valence-corrected chi connectivity index (χ1v) is 10.6. The van der Waals surface area contributed by atoms with Gasteiger partial charge in [-0.3, -0.25) is 9.78 Å². The van der Waals surface area contributed by atoms with Crippen LogP contribution in [0.15, 0.2) is 66.0 Å². The minimum Gasteiger partial charge on any atom is -0.347 e. The van der Waals surface area contributed by atoms with Gasteiger partial charge < -0.3 is 9.88 Å². The molecular weight excluding hydrogens is 407 g/mol. The third kappa shape index (κ3) is 3.26. The lowest BCUT2D eigenvalue weighted by Gasteiger charge is -2.10. The van der Waals surface area contributed by atoms with Gasteiger partial charge in [0, 0.05) is 48.8 Å². The first-order valence-electron chi connectivity index (χ1n) is 9.16. The van der Waals surface area contributed by atoms with E-state index in [0.29, 0.717) is 22.2 Å². The van der Waals surface area contributed by atoms with E-state index in [4.69, 9.17) is 0 Å². The third-order valence-corrected chi connectivity index (χ3v) is 6.89. The molecule has 4 aromatic rings. The molecule has 4 rings (SSSR count). The average molecular weight is 426 g/mol. The highest BCUT2D eigenvalue weighted by atomic mass is 32.2. The lowest BCUT2D eigenvalue weighted by Crippen LogP contribution is -2.25.